The van der Waals surface area contributed by atoms with Crippen molar-refractivity contribution in [2.75, 3.05) is 0 Å². The Bertz CT molecular complexity index is 543. The van der Waals surface area contributed by atoms with Crippen LogP contribution in [0.25, 0.3) is 0 Å². The Morgan fingerprint density at radius 1 is 0.788 bits per heavy atom. The molecular weight excluding hydrogens is 460 g/mol. The Hall–Kier alpha value is -0.236. The molecule has 0 saturated carbocycles. The zero-order chi connectivity index (χ0) is 26.9. The molecule has 2 nitrogen and oxygen atoms in total. The van der Waals surface area contributed by atoms with Gasteiger partial charge in [0.05, 0.1) is 0 Å². The molecule has 5 heteroatoms. The Morgan fingerprint density at radius 2 is 1.18 bits per heavy atom. The maximum atomic E-state index is 8.85. The number of aliphatic hydroxyl groups excluding tert-OH is 1. The molecular formula is C28H57ClO2Si2. The molecule has 0 rings (SSSR count). The van der Waals surface area contributed by atoms with Gasteiger partial charge in [-0.15, -0.1) is 12.8 Å². The van der Waals surface area contributed by atoms with E-state index in [1.165, 1.54) is 32.1 Å². The van der Waals surface area contributed by atoms with Gasteiger partial charge in [-0.25, -0.2) is 0 Å². The molecule has 0 aromatic rings. The molecule has 0 amide bonds. The molecule has 0 radical (unpaired) electrons. The molecule has 33 heavy (non-hydrogen) atoms. The summed E-state index contributed by atoms with van der Waals surface area (Å²) in [5.74, 6) is 5.08. The lowest BCUT2D eigenvalue weighted by atomic mass is 10.1. The number of halogens is 1. The van der Waals surface area contributed by atoms with Gasteiger partial charge in [0.15, 0.2) is 15.7 Å². The van der Waals surface area contributed by atoms with Crippen molar-refractivity contribution in [3.63, 3.8) is 0 Å². The number of terminal acetylenes is 2. The van der Waals surface area contributed by atoms with Crippen LogP contribution in [0.1, 0.15) is 107 Å². The third-order valence-electron chi connectivity index (χ3n) is 6.56. The number of aliphatic hydroxyl groups is 1. The van der Waals surface area contributed by atoms with Crippen molar-refractivity contribution in [1.82, 2.24) is 0 Å². The topological polar surface area (TPSA) is 29.5 Å². The minimum absolute atomic E-state index is 0.0208. The van der Waals surface area contributed by atoms with E-state index >= 15 is 0 Å². The minimum atomic E-state index is -1.69. The average Bonchev–Trinajstić information content (AvgIpc) is 2.65. The molecule has 0 aliphatic carbocycles. The Morgan fingerprint density at radius 3 is 1.45 bits per heavy atom. The van der Waals surface area contributed by atoms with Gasteiger partial charge < -0.3 is 9.53 Å². The van der Waals surface area contributed by atoms with Gasteiger partial charge in [-0.3, -0.25) is 0 Å². The predicted molar refractivity (Wildman–Crippen MR) is 157 cm³/mol. The van der Waals surface area contributed by atoms with Crippen molar-refractivity contribution in [2.45, 2.75) is 155 Å². The van der Waals surface area contributed by atoms with E-state index in [4.69, 9.17) is 33.5 Å². The summed E-state index contributed by atoms with van der Waals surface area (Å²) < 4.78 is 6.20. The summed E-state index contributed by atoms with van der Waals surface area (Å²) in [5, 5.41) is 9.43. The third-order valence-corrected chi connectivity index (χ3v) is 16.3. The van der Waals surface area contributed by atoms with Gasteiger partial charge in [0.1, 0.15) is 12.2 Å². The van der Waals surface area contributed by atoms with Crippen LogP contribution in [0.15, 0.2) is 0 Å². The van der Waals surface area contributed by atoms with E-state index in [0.717, 1.165) is 19.3 Å². The SMILES string of the molecule is C#C[C@@H](CCCCC)O[Si](C)(C)C(C)(C)C.C#C[C@H](O)CCCCC.CC(C)(C)[Si](C)(C)Cl. The molecule has 0 fully saturated rings. The van der Waals surface area contributed by atoms with Crippen LogP contribution < -0.4 is 0 Å². The standard InChI is InChI=1S/C14H28OSi.C8H14O.C6H15ClSi/c1-8-10-11-12-13(9-2)15-16(6,7)14(3,4)5;1-3-5-6-7-8(9)4-2;1-6(2,3)8(4,5)7/h2,13H,8,10-12H2,1,3-7H3;2,8-9H,3,5-7H2,1H3;1-5H3/t13-;8-;/m00./s1. The van der Waals surface area contributed by atoms with Crippen LogP contribution in [0.5, 0.6) is 0 Å². The summed E-state index contributed by atoms with van der Waals surface area (Å²) >= 11 is 6.15. The smallest absolute Gasteiger partial charge is 0.193 e. The van der Waals surface area contributed by atoms with Crippen LogP contribution in [-0.2, 0) is 4.43 Å². The zero-order valence-electron chi connectivity index (χ0n) is 24.2. The third kappa shape index (κ3) is 20.8. The monoisotopic (exact) mass is 516 g/mol. The Labute approximate surface area is 215 Å². The molecule has 0 bridgehead atoms. The van der Waals surface area contributed by atoms with Gasteiger partial charge >= 0.3 is 0 Å². The largest absolute Gasteiger partial charge is 0.403 e. The maximum Gasteiger partial charge on any atom is 0.193 e. The number of hydrogen-bond acceptors (Lipinski definition) is 2. The van der Waals surface area contributed by atoms with Gasteiger partial charge in [0, 0.05) is 0 Å². The predicted octanol–water partition coefficient (Wildman–Crippen LogP) is 9.38. The van der Waals surface area contributed by atoms with Crippen LogP contribution >= 0.6 is 11.1 Å². The van der Waals surface area contributed by atoms with Crippen LogP contribution in [0.2, 0.25) is 36.3 Å². The molecule has 196 valence electrons. The lowest BCUT2D eigenvalue weighted by Gasteiger charge is -2.38. The lowest BCUT2D eigenvalue weighted by molar-refractivity contribution is 0.217. The van der Waals surface area contributed by atoms with Gasteiger partial charge in [0.25, 0.3) is 0 Å². The molecule has 0 saturated heterocycles. The molecule has 0 unspecified atom stereocenters. The highest BCUT2D eigenvalue weighted by atomic mass is 35.6. The summed E-state index contributed by atoms with van der Waals surface area (Å²) in [6.07, 6.45) is 18.8. The van der Waals surface area contributed by atoms with Crippen molar-refractivity contribution in [3.8, 4) is 24.7 Å². The van der Waals surface area contributed by atoms with E-state index in [0.29, 0.717) is 5.04 Å². The van der Waals surface area contributed by atoms with Crippen molar-refractivity contribution in [2.24, 2.45) is 0 Å². The van der Waals surface area contributed by atoms with Gasteiger partial charge in [-0.2, -0.15) is 11.1 Å². The number of rotatable bonds is 10. The highest BCUT2D eigenvalue weighted by molar-refractivity contribution is 7.20. The molecule has 0 heterocycles. The fraction of sp³-hybridized carbons (Fsp3) is 0.857. The second-order valence-electron chi connectivity index (χ2n) is 11.9. The quantitative estimate of drug-likeness (QED) is 0.135. The minimum Gasteiger partial charge on any atom is -0.403 e. The first-order valence-corrected chi connectivity index (χ1v) is 19.7. The first-order valence-electron chi connectivity index (χ1n) is 12.8. The van der Waals surface area contributed by atoms with Crippen LogP contribution in [0, 0.1) is 24.7 Å². The molecule has 1 N–H and O–H groups in total. The van der Waals surface area contributed by atoms with Crippen LogP contribution in [0.3, 0.4) is 0 Å². The summed E-state index contributed by atoms with van der Waals surface area (Å²) in [4.78, 5) is 0. The van der Waals surface area contributed by atoms with E-state index in [1.807, 2.05) is 0 Å². The Kier molecular flexibility index (Phi) is 20.5. The second-order valence-corrected chi connectivity index (χ2v) is 24.0. The zero-order valence-corrected chi connectivity index (χ0v) is 27.0. The summed E-state index contributed by atoms with van der Waals surface area (Å²) in [6, 6.07) is 0. The normalized spacial score (nSPS) is 13.9. The fourth-order valence-corrected chi connectivity index (χ4v) is 3.21. The van der Waals surface area contributed by atoms with Crippen molar-refractivity contribution >= 4 is 26.8 Å². The molecule has 2 atom stereocenters. The average molecular weight is 517 g/mol. The molecule has 0 aromatic carbocycles. The number of hydrogen-bond donors (Lipinski definition) is 1. The van der Waals surface area contributed by atoms with Gasteiger partial charge in [0.2, 0.25) is 0 Å². The van der Waals surface area contributed by atoms with Crippen LogP contribution in [-0.4, -0.2) is 33.0 Å². The molecule has 0 aliphatic rings. The molecule has 0 aromatic heterocycles. The van der Waals surface area contributed by atoms with Crippen molar-refractivity contribution in [1.29, 1.82) is 0 Å². The van der Waals surface area contributed by atoms with Crippen LogP contribution in [0.4, 0.5) is 0 Å². The van der Waals surface area contributed by atoms with E-state index in [9.17, 15) is 0 Å². The second kappa shape index (κ2) is 18.1. The van der Waals surface area contributed by atoms with E-state index < -0.39 is 21.8 Å². The molecule has 0 spiro atoms. The van der Waals surface area contributed by atoms with Gasteiger partial charge in [-0.05, 0) is 48.9 Å². The van der Waals surface area contributed by atoms with E-state index in [-0.39, 0.29) is 11.1 Å². The van der Waals surface area contributed by atoms with Crippen molar-refractivity contribution < 1.29 is 9.53 Å². The highest BCUT2D eigenvalue weighted by Crippen LogP contribution is 2.38. The summed E-state index contributed by atoms with van der Waals surface area (Å²) in [5.41, 5.74) is 0. The van der Waals surface area contributed by atoms with Crippen molar-refractivity contribution in [3.05, 3.63) is 0 Å². The maximum absolute atomic E-state index is 8.85. The first-order chi connectivity index (χ1) is 14.8. The lowest BCUT2D eigenvalue weighted by Crippen LogP contribution is -2.43. The van der Waals surface area contributed by atoms with E-state index in [2.05, 4.69) is 93.4 Å². The summed E-state index contributed by atoms with van der Waals surface area (Å²) in [7, 11) is -3.08. The van der Waals surface area contributed by atoms with E-state index in [1.54, 1.807) is 0 Å². The van der Waals surface area contributed by atoms with Gasteiger partial charge in [-0.1, -0.05) is 106 Å². The Balaban J connectivity index is -0.000000449. The highest BCUT2D eigenvalue weighted by Gasteiger charge is 2.38. The summed E-state index contributed by atoms with van der Waals surface area (Å²) in [6.45, 7) is 26.6. The fourth-order valence-electron chi connectivity index (χ4n) is 1.96. The molecule has 0 aliphatic heterocycles. The number of unbranched alkanes of at least 4 members (excludes halogenated alkanes) is 4. The first kappa shape index (κ1) is 37.3.